The van der Waals surface area contributed by atoms with Crippen molar-refractivity contribution in [1.82, 2.24) is 9.88 Å². The van der Waals surface area contributed by atoms with Crippen LogP contribution in [0.5, 0.6) is 11.5 Å². The van der Waals surface area contributed by atoms with Crippen LogP contribution in [0.15, 0.2) is 54.7 Å². The van der Waals surface area contributed by atoms with Crippen LogP contribution in [-0.2, 0) is 0 Å². The molecule has 4 heterocycles. The first-order valence-electron chi connectivity index (χ1n) is 11.6. The van der Waals surface area contributed by atoms with E-state index in [2.05, 4.69) is 60.1 Å². The predicted molar refractivity (Wildman–Crippen MR) is 125 cm³/mol. The summed E-state index contributed by atoms with van der Waals surface area (Å²) in [6.45, 7) is 6.81. The number of methoxy groups -OCH3 is 1. The molecule has 1 unspecified atom stereocenters. The third kappa shape index (κ3) is 3.89. The first-order chi connectivity index (χ1) is 15.2. The van der Waals surface area contributed by atoms with E-state index in [0.29, 0.717) is 6.04 Å². The van der Waals surface area contributed by atoms with E-state index < -0.39 is 0 Å². The molecule has 4 heteroatoms. The highest BCUT2D eigenvalue weighted by atomic mass is 16.5. The molecule has 3 fully saturated rings. The first kappa shape index (κ1) is 20.3. The zero-order valence-corrected chi connectivity index (χ0v) is 18.8. The van der Waals surface area contributed by atoms with Gasteiger partial charge in [0.15, 0.2) is 0 Å². The second kappa shape index (κ2) is 8.51. The van der Waals surface area contributed by atoms with Crippen molar-refractivity contribution in [3.63, 3.8) is 0 Å². The van der Waals surface area contributed by atoms with E-state index in [1.165, 1.54) is 43.5 Å². The lowest BCUT2D eigenvalue weighted by Gasteiger charge is -2.52. The Hall–Kier alpha value is -2.59. The summed E-state index contributed by atoms with van der Waals surface area (Å²) in [7, 11) is 1.72. The van der Waals surface area contributed by atoms with Crippen LogP contribution >= 0.6 is 0 Å². The van der Waals surface area contributed by atoms with Crippen LogP contribution in [0.4, 0.5) is 0 Å². The monoisotopic (exact) mass is 416 g/mol. The van der Waals surface area contributed by atoms with Gasteiger partial charge in [-0.15, -0.1) is 0 Å². The zero-order chi connectivity index (χ0) is 21.4. The lowest BCUT2D eigenvalue weighted by Crippen LogP contribution is -2.56. The fraction of sp³-hybridized carbons (Fsp3) is 0.444. The molecule has 0 N–H and O–H groups in total. The third-order valence-electron chi connectivity index (χ3n) is 7.38. The Bertz CT molecular complexity index is 1050. The molecule has 0 aliphatic carbocycles. The van der Waals surface area contributed by atoms with E-state index in [9.17, 15) is 0 Å². The molecule has 2 aromatic carbocycles. The van der Waals surface area contributed by atoms with Crippen LogP contribution in [0.1, 0.15) is 43.4 Å². The van der Waals surface area contributed by atoms with Gasteiger partial charge in [-0.05, 0) is 74.5 Å². The second-order valence-corrected chi connectivity index (χ2v) is 9.15. The second-order valence-electron chi connectivity index (χ2n) is 9.15. The molecule has 3 aliphatic rings. The van der Waals surface area contributed by atoms with Crippen LogP contribution in [0.25, 0.3) is 10.9 Å². The number of aryl methyl sites for hydroxylation is 1. The van der Waals surface area contributed by atoms with Crippen molar-refractivity contribution < 1.29 is 9.47 Å². The maximum atomic E-state index is 6.79. The molecule has 31 heavy (non-hydrogen) atoms. The van der Waals surface area contributed by atoms with Crippen LogP contribution in [0, 0.1) is 18.8 Å². The number of piperidine rings is 3. The molecule has 0 saturated carbocycles. The number of rotatable bonds is 6. The van der Waals surface area contributed by atoms with Gasteiger partial charge in [-0.25, -0.2) is 0 Å². The maximum absolute atomic E-state index is 6.79. The van der Waals surface area contributed by atoms with Crippen molar-refractivity contribution >= 4 is 10.9 Å². The van der Waals surface area contributed by atoms with Crippen LogP contribution in [-0.4, -0.2) is 36.1 Å². The number of hydrogen-bond acceptors (Lipinski definition) is 4. The summed E-state index contributed by atoms with van der Waals surface area (Å²) in [4.78, 5) is 7.29. The highest BCUT2D eigenvalue weighted by molar-refractivity contribution is 5.84. The molecule has 3 saturated heterocycles. The summed E-state index contributed by atoms with van der Waals surface area (Å²) in [6, 6.07) is 17.1. The normalized spacial score (nSPS) is 26.0. The molecule has 3 aromatic rings. The Morgan fingerprint density at radius 1 is 1.10 bits per heavy atom. The van der Waals surface area contributed by atoms with Gasteiger partial charge in [-0.2, -0.15) is 0 Å². The largest absolute Gasteiger partial charge is 0.497 e. The van der Waals surface area contributed by atoms with E-state index in [0.717, 1.165) is 34.2 Å². The van der Waals surface area contributed by atoms with Crippen LogP contribution < -0.4 is 9.47 Å². The molecule has 0 amide bonds. The van der Waals surface area contributed by atoms with Gasteiger partial charge in [-0.1, -0.05) is 31.0 Å². The number of ether oxygens (including phenoxy) is 2. The van der Waals surface area contributed by atoms with Gasteiger partial charge in [0.25, 0.3) is 0 Å². The number of aromatic nitrogens is 1. The van der Waals surface area contributed by atoms with Gasteiger partial charge in [0.1, 0.15) is 17.6 Å². The quantitative estimate of drug-likeness (QED) is 0.509. The topological polar surface area (TPSA) is 34.6 Å². The molecule has 162 valence electrons. The fourth-order valence-corrected chi connectivity index (χ4v) is 5.59. The van der Waals surface area contributed by atoms with Crippen molar-refractivity contribution in [2.45, 2.75) is 45.3 Å². The highest BCUT2D eigenvalue weighted by Gasteiger charge is 2.44. The van der Waals surface area contributed by atoms with Gasteiger partial charge in [-0.3, -0.25) is 9.88 Å². The molecular weight excluding hydrogens is 384 g/mol. The molecule has 6 rings (SSSR count). The third-order valence-corrected chi connectivity index (χ3v) is 7.38. The number of nitrogens with zero attached hydrogens (tertiary/aromatic N) is 2. The van der Waals surface area contributed by atoms with E-state index in [1.807, 2.05) is 18.3 Å². The summed E-state index contributed by atoms with van der Waals surface area (Å²) in [6.07, 6.45) is 5.66. The average molecular weight is 417 g/mol. The van der Waals surface area contributed by atoms with E-state index in [1.54, 1.807) is 7.11 Å². The molecule has 2 bridgehead atoms. The molecule has 3 aliphatic heterocycles. The van der Waals surface area contributed by atoms with Gasteiger partial charge >= 0.3 is 0 Å². The Labute approximate surface area is 185 Å². The van der Waals surface area contributed by atoms with Gasteiger partial charge in [0.2, 0.25) is 0 Å². The number of fused-ring (bicyclic) bond motifs is 4. The van der Waals surface area contributed by atoms with E-state index in [-0.39, 0.29) is 6.10 Å². The fourth-order valence-electron chi connectivity index (χ4n) is 5.59. The van der Waals surface area contributed by atoms with E-state index in [4.69, 9.17) is 9.47 Å². The molecule has 4 nitrogen and oxygen atoms in total. The Morgan fingerprint density at radius 3 is 2.61 bits per heavy atom. The number of benzene rings is 2. The lowest BCUT2D eigenvalue weighted by atomic mass is 9.72. The minimum atomic E-state index is -0.0408. The first-order valence-corrected chi connectivity index (χ1v) is 11.6. The number of pyridine rings is 1. The van der Waals surface area contributed by atoms with Crippen molar-refractivity contribution in [3.05, 3.63) is 65.9 Å². The van der Waals surface area contributed by atoms with Crippen molar-refractivity contribution in [2.75, 3.05) is 20.2 Å². The number of hydrogen-bond donors (Lipinski definition) is 0. The van der Waals surface area contributed by atoms with Crippen LogP contribution in [0.2, 0.25) is 0 Å². The Kier molecular flexibility index (Phi) is 5.58. The standard InChI is InChI=1S/C27H32N2O2/c1-4-19-17-29-14-12-20(19)15-26(29)27(31-21-7-5-18(2)6-8-21)23-11-13-28-25-10-9-22(30-3)16-24(23)25/h5-11,13,16,19-20,26-27H,4,12,14-15,17H2,1-3H3/t19-,20-,26-,27+/m0/s1. The highest BCUT2D eigenvalue weighted by Crippen LogP contribution is 2.44. The summed E-state index contributed by atoms with van der Waals surface area (Å²) in [5.74, 6) is 3.40. The average Bonchev–Trinajstić information content (AvgIpc) is 2.83. The summed E-state index contributed by atoms with van der Waals surface area (Å²) >= 11 is 0. The Morgan fingerprint density at radius 2 is 1.90 bits per heavy atom. The predicted octanol–water partition coefficient (Wildman–Crippen LogP) is 5.79. The van der Waals surface area contributed by atoms with Crippen molar-refractivity contribution in [1.29, 1.82) is 0 Å². The molecule has 0 spiro atoms. The molecular formula is C27H32N2O2. The summed E-state index contributed by atoms with van der Waals surface area (Å²) in [5.41, 5.74) is 3.43. The Balaban J connectivity index is 1.58. The maximum Gasteiger partial charge on any atom is 0.140 e. The van der Waals surface area contributed by atoms with E-state index >= 15 is 0 Å². The molecule has 1 aromatic heterocycles. The van der Waals surface area contributed by atoms with Gasteiger partial charge in [0, 0.05) is 23.7 Å². The minimum Gasteiger partial charge on any atom is -0.497 e. The zero-order valence-electron chi connectivity index (χ0n) is 18.8. The summed E-state index contributed by atoms with van der Waals surface area (Å²) in [5, 5.41) is 1.12. The SMILES string of the molecule is CC[C@H]1CN2CC[C@H]1C[C@H]2[C@H](Oc1ccc(C)cc1)c1ccnc2ccc(OC)cc12. The minimum absolute atomic E-state index is 0.0408. The van der Waals surface area contributed by atoms with Crippen LogP contribution in [0.3, 0.4) is 0 Å². The molecule has 0 radical (unpaired) electrons. The summed E-state index contributed by atoms with van der Waals surface area (Å²) < 4.78 is 12.3. The smallest absolute Gasteiger partial charge is 0.140 e. The van der Waals surface area contributed by atoms with Gasteiger partial charge < -0.3 is 9.47 Å². The van der Waals surface area contributed by atoms with Crippen molar-refractivity contribution in [3.8, 4) is 11.5 Å². The van der Waals surface area contributed by atoms with Gasteiger partial charge in [0.05, 0.1) is 18.7 Å². The van der Waals surface area contributed by atoms with Crippen molar-refractivity contribution in [2.24, 2.45) is 11.8 Å². The molecule has 5 atom stereocenters. The lowest BCUT2D eigenvalue weighted by molar-refractivity contribution is -0.0483.